The summed E-state index contributed by atoms with van der Waals surface area (Å²) in [6.45, 7) is 8.74. The number of carbonyl (C=O) groups is 3. The van der Waals surface area contributed by atoms with E-state index in [2.05, 4.69) is 10.6 Å². The van der Waals surface area contributed by atoms with Crippen molar-refractivity contribution in [3.8, 4) is 0 Å². The van der Waals surface area contributed by atoms with Crippen LogP contribution in [-0.4, -0.2) is 40.8 Å². The van der Waals surface area contributed by atoms with Crippen molar-refractivity contribution in [1.29, 1.82) is 0 Å². The molecule has 0 aromatic heterocycles. The Morgan fingerprint density at radius 1 is 1.07 bits per heavy atom. The molecular formula is C20H29FN2O5. The van der Waals surface area contributed by atoms with Gasteiger partial charge in [-0.05, 0) is 50.8 Å². The van der Waals surface area contributed by atoms with E-state index in [-0.39, 0.29) is 18.8 Å². The number of benzene rings is 1. The Balaban J connectivity index is 2.96. The summed E-state index contributed by atoms with van der Waals surface area (Å²) in [5, 5.41) is 14.3. The van der Waals surface area contributed by atoms with Crippen LogP contribution >= 0.6 is 0 Å². The number of carboxylic acids is 1. The molecule has 1 aromatic rings. The lowest BCUT2D eigenvalue weighted by atomic mass is 10.0. The van der Waals surface area contributed by atoms with E-state index in [4.69, 9.17) is 4.74 Å². The fourth-order valence-electron chi connectivity index (χ4n) is 2.48. The van der Waals surface area contributed by atoms with Gasteiger partial charge in [0, 0.05) is 6.42 Å². The minimum absolute atomic E-state index is 0.0516. The number of aliphatic carboxylic acids is 1. The summed E-state index contributed by atoms with van der Waals surface area (Å²) < 4.78 is 18.3. The standard InChI is InChI=1S/C20H29FN2O5/c1-12(2)10-16(18(25)26)22-17(24)15(23-19(27)28-20(3,4)5)11-13-6-8-14(21)9-7-13/h6-9,12,15-16H,10-11H2,1-5H3,(H,22,24)(H,23,27)(H,25,26)/t15-,16+/m0/s1. The Bertz CT molecular complexity index is 683. The number of carbonyl (C=O) groups excluding carboxylic acids is 2. The predicted molar refractivity (Wildman–Crippen MR) is 102 cm³/mol. The van der Waals surface area contributed by atoms with Crippen molar-refractivity contribution < 1.29 is 28.6 Å². The van der Waals surface area contributed by atoms with Crippen LogP contribution in [0.2, 0.25) is 0 Å². The normalized spacial score (nSPS) is 13.5. The molecule has 0 saturated heterocycles. The van der Waals surface area contributed by atoms with Crippen LogP contribution in [0.4, 0.5) is 9.18 Å². The fourth-order valence-corrected chi connectivity index (χ4v) is 2.48. The van der Waals surface area contributed by atoms with Gasteiger partial charge in [-0.2, -0.15) is 0 Å². The van der Waals surface area contributed by atoms with Crippen LogP contribution in [0.5, 0.6) is 0 Å². The quantitative estimate of drug-likeness (QED) is 0.627. The van der Waals surface area contributed by atoms with E-state index in [1.54, 1.807) is 20.8 Å². The first-order valence-corrected chi connectivity index (χ1v) is 9.14. The summed E-state index contributed by atoms with van der Waals surface area (Å²) in [5.41, 5.74) is -0.157. The van der Waals surface area contributed by atoms with E-state index < -0.39 is 41.5 Å². The zero-order valence-corrected chi connectivity index (χ0v) is 16.9. The zero-order chi connectivity index (χ0) is 21.5. The maximum Gasteiger partial charge on any atom is 0.408 e. The third-order valence-corrected chi connectivity index (χ3v) is 3.68. The molecule has 2 atom stereocenters. The molecule has 2 amide bonds. The number of hydrogen-bond donors (Lipinski definition) is 3. The van der Waals surface area contributed by atoms with Gasteiger partial charge < -0.3 is 20.5 Å². The van der Waals surface area contributed by atoms with Gasteiger partial charge >= 0.3 is 12.1 Å². The number of rotatable bonds is 8. The highest BCUT2D eigenvalue weighted by Crippen LogP contribution is 2.11. The minimum atomic E-state index is -1.15. The lowest BCUT2D eigenvalue weighted by Gasteiger charge is -2.25. The summed E-state index contributed by atoms with van der Waals surface area (Å²) in [5.74, 6) is -2.17. The lowest BCUT2D eigenvalue weighted by molar-refractivity contribution is -0.142. The summed E-state index contributed by atoms with van der Waals surface area (Å²) in [4.78, 5) is 36.2. The van der Waals surface area contributed by atoms with Crippen molar-refractivity contribution in [1.82, 2.24) is 10.6 Å². The molecule has 0 heterocycles. The number of alkyl carbamates (subject to hydrolysis) is 1. The summed E-state index contributed by atoms with van der Waals surface area (Å²) in [6.07, 6.45) is -0.499. The summed E-state index contributed by atoms with van der Waals surface area (Å²) >= 11 is 0. The number of halogens is 1. The highest BCUT2D eigenvalue weighted by atomic mass is 19.1. The second-order valence-corrected chi connectivity index (χ2v) is 8.06. The van der Waals surface area contributed by atoms with Crippen LogP contribution in [0.15, 0.2) is 24.3 Å². The van der Waals surface area contributed by atoms with Gasteiger partial charge in [-0.1, -0.05) is 26.0 Å². The molecule has 0 aliphatic heterocycles. The van der Waals surface area contributed by atoms with Crippen molar-refractivity contribution in [2.75, 3.05) is 0 Å². The molecule has 0 radical (unpaired) electrons. The van der Waals surface area contributed by atoms with Gasteiger partial charge in [-0.15, -0.1) is 0 Å². The Morgan fingerprint density at radius 3 is 2.11 bits per heavy atom. The zero-order valence-electron chi connectivity index (χ0n) is 16.9. The third-order valence-electron chi connectivity index (χ3n) is 3.68. The Kier molecular flexibility index (Phi) is 8.40. The molecule has 1 rings (SSSR count). The molecule has 0 unspecified atom stereocenters. The largest absolute Gasteiger partial charge is 0.480 e. The van der Waals surface area contributed by atoms with Gasteiger partial charge in [0.15, 0.2) is 0 Å². The van der Waals surface area contributed by atoms with Crippen LogP contribution in [0.3, 0.4) is 0 Å². The molecule has 7 nitrogen and oxygen atoms in total. The van der Waals surface area contributed by atoms with Crippen LogP contribution < -0.4 is 10.6 Å². The number of amides is 2. The van der Waals surface area contributed by atoms with Crippen LogP contribution in [0.25, 0.3) is 0 Å². The molecule has 0 fully saturated rings. The van der Waals surface area contributed by atoms with Crippen molar-refractivity contribution in [2.45, 2.75) is 65.1 Å². The number of nitrogens with one attached hydrogen (secondary N) is 2. The predicted octanol–water partition coefficient (Wildman–Crippen LogP) is 2.88. The molecule has 156 valence electrons. The maximum absolute atomic E-state index is 13.1. The number of ether oxygens (including phenoxy) is 1. The van der Waals surface area contributed by atoms with Gasteiger partial charge in [0.2, 0.25) is 5.91 Å². The van der Waals surface area contributed by atoms with E-state index in [0.717, 1.165) is 0 Å². The van der Waals surface area contributed by atoms with Crippen molar-refractivity contribution in [2.24, 2.45) is 5.92 Å². The molecule has 3 N–H and O–H groups in total. The van der Waals surface area contributed by atoms with E-state index in [1.165, 1.54) is 24.3 Å². The molecule has 0 spiro atoms. The Hall–Kier alpha value is -2.64. The van der Waals surface area contributed by atoms with Crippen molar-refractivity contribution in [3.05, 3.63) is 35.6 Å². The van der Waals surface area contributed by atoms with E-state index in [1.807, 2.05) is 13.8 Å². The van der Waals surface area contributed by atoms with Crippen LogP contribution in [0.1, 0.15) is 46.6 Å². The molecule has 0 saturated carbocycles. The minimum Gasteiger partial charge on any atom is -0.480 e. The highest BCUT2D eigenvalue weighted by Gasteiger charge is 2.28. The van der Waals surface area contributed by atoms with Gasteiger partial charge in [0.05, 0.1) is 0 Å². The van der Waals surface area contributed by atoms with Gasteiger partial charge in [-0.3, -0.25) is 4.79 Å². The maximum atomic E-state index is 13.1. The average molecular weight is 396 g/mol. The Morgan fingerprint density at radius 2 is 1.64 bits per heavy atom. The Labute approximate surface area is 164 Å². The summed E-state index contributed by atoms with van der Waals surface area (Å²) in [7, 11) is 0. The first-order chi connectivity index (χ1) is 12.9. The molecule has 0 aliphatic rings. The van der Waals surface area contributed by atoms with E-state index in [9.17, 15) is 23.9 Å². The van der Waals surface area contributed by atoms with Gasteiger partial charge in [-0.25, -0.2) is 14.0 Å². The molecule has 0 aliphatic carbocycles. The number of carboxylic acid groups (broad SMARTS) is 1. The topological polar surface area (TPSA) is 105 Å². The van der Waals surface area contributed by atoms with Crippen molar-refractivity contribution in [3.63, 3.8) is 0 Å². The average Bonchev–Trinajstić information content (AvgIpc) is 2.53. The SMILES string of the molecule is CC(C)C[C@@H](NC(=O)[C@H](Cc1ccc(F)cc1)NC(=O)OC(C)(C)C)C(=O)O. The second kappa shape index (κ2) is 10.1. The monoisotopic (exact) mass is 396 g/mol. The van der Waals surface area contributed by atoms with Gasteiger partial charge in [0.1, 0.15) is 23.5 Å². The lowest BCUT2D eigenvalue weighted by Crippen LogP contribution is -2.53. The smallest absolute Gasteiger partial charge is 0.408 e. The van der Waals surface area contributed by atoms with Crippen LogP contribution in [-0.2, 0) is 20.7 Å². The molecule has 0 bridgehead atoms. The molecular weight excluding hydrogens is 367 g/mol. The third kappa shape index (κ3) is 8.83. The molecule has 8 heteroatoms. The highest BCUT2D eigenvalue weighted by molar-refractivity contribution is 5.89. The van der Waals surface area contributed by atoms with E-state index >= 15 is 0 Å². The first kappa shape index (κ1) is 23.4. The van der Waals surface area contributed by atoms with Crippen LogP contribution in [0, 0.1) is 11.7 Å². The first-order valence-electron chi connectivity index (χ1n) is 9.14. The fraction of sp³-hybridized carbons (Fsp3) is 0.550. The number of hydrogen-bond acceptors (Lipinski definition) is 4. The second-order valence-electron chi connectivity index (χ2n) is 8.06. The van der Waals surface area contributed by atoms with E-state index in [0.29, 0.717) is 5.56 Å². The summed E-state index contributed by atoms with van der Waals surface area (Å²) in [6, 6.07) is 3.33. The van der Waals surface area contributed by atoms with Crippen molar-refractivity contribution >= 4 is 18.0 Å². The van der Waals surface area contributed by atoms with Gasteiger partial charge in [0.25, 0.3) is 0 Å². The molecule has 1 aromatic carbocycles. The molecule has 28 heavy (non-hydrogen) atoms.